The molecular formula is C17H20FNO2S. The van der Waals surface area contributed by atoms with Gasteiger partial charge in [0, 0.05) is 24.6 Å². The number of hydrogen-bond acceptors (Lipinski definition) is 4. The highest BCUT2D eigenvalue weighted by atomic mass is 32.2. The van der Waals surface area contributed by atoms with E-state index in [0.717, 1.165) is 35.1 Å². The molecule has 2 heterocycles. The molecule has 5 heteroatoms. The topological polar surface area (TPSA) is 36.6 Å². The van der Waals surface area contributed by atoms with Gasteiger partial charge in [0.15, 0.2) is 0 Å². The van der Waals surface area contributed by atoms with Crippen molar-refractivity contribution < 1.29 is 13.9 Å². The van der Waals surface area contributed by atoms with Crippen molar-refractivity contribution in [1.29, 1.82) is 0 Å². The SMILES string of the molecule is Cc1ccc(C2CSCCN2CC(O)c2ccc(F)cc2)o1. The van der Waals surface area contributed by atoms with Crippen LogP contribution in [-0.2, 0) is 0 Å². The zero-order valence-corrected chi connectivity index (χ0v) is 13.4. The number of benzene rings is 1. The fourth-order valence-corrected chi connectivity index (χ4v) is 3.89. The van der Waals surface area contributed by atoms with Gasteiger partial charge in [0.25, 0.3) is 0 Å². The van der Waals surface area contributed by atoms with Gasteiger partial charge in [-0.25, -0.2) is 4.39 Å². The van der Waals surface area contributed by atoms with Crippen molar-refractivity contribution in [2.45, 2.75) is 19.1 Å². The number of furan rings is 1. The lowest BCUT2D eigenvalue weighted by Gasteiger charge is -2.35. The van der Waals surface area contributed by atoms with Gasteiger partial charge in [-0.2, -0.15) is 11.8 Å². The van der Waals surface area contributed by atoms with Gasteiger partial charge in [-0.3, -0.25) is 4.90 Å². The summed E-state index contributed by atoms with van der Waals surface area (Å²) in [5, 5.41) is 10.4. The Labute approximate surface area is 134 Å². The normalized spacial score (nSPS) is 21.0. The van der Waals surface area contributed by atoms with Gasteiger partial charge in [-0.1, -0.05) is 12.1 Å². The summed E-state index contributed by atoms with van der Waals surface area (Å²) in [6.07, 6.45) is -0.623. The molecule has 3 nitrogen and oxygen atoms in total. The minimum Gasteiger partial charge on any atom is -0.465 e. The third kappa shape index (κ3) is 3.54. The maximum atomic E-state index is 13.0. The number of aliphatic hydroxyl groups is 1. The van der Waals surface area contributed by atoms with E-state index in [9.17, 15) is 9.50 Å². The average Bonchev–Trinajstić information content (AvgIpc) is 2.95. The summed E-state index contributed by atoms with van der Waals surface area (Å²) < 4.78 is 18.8. The largest absolute Gasteiger partial charge is 0.465 e. The minimum absolute atomic E-state index is 0.183. The van der Waals surface area contributed by atoms with E-state index in [1.165, 1.54) is 12.1 Å². The average molecular weight is 321 g/mol. The third-order valence-electron chi connectivity index (χ3n) is 3.99. The molecule has 1 saturated heterocycles. The van der Waals surface area contributed by atoms with Gasteiger partial charge in [-0.15, -0.1) is 0 Å². The van der Waals surface area contributed by atoms with Crippen molar-refractivity contribution >= 4 is 11.8 Å². The molecule has 22 heavy (non-hydrogen) atoms. The van der Waals surface area contributed by atoms with E-state index < -0.39 is 6.10 Å². The first-order valence-corrected chi connectivity index (χ1v) is 8.60. The van der Waals surface area contributed by atoms with Crippen LogP contribution in [-0.4, -0.2) is 34.6 Å². The lowest BCUT2D eigenvalue weighted by molar-refractivity contribution is 0.0877. The molecule has 0 saturated carbocycles. The Bertz CT molecular complexity index is 613. The monoisotopic (exact) mass is 321 g/mol. The van der Waals surface area contributed by atoms with Crippen LogP contribution in [0.5, 0.6) is 0 Å². The summed E-state index contributed by atoms with van der Waals surface area (Å²) in [5.41, 5.74) is 0.744. The van der Waals surface area contributed by atoms with Gasteiger partial charge in [0.1, 0.15) is 17.3 Å². The summed E-state index contributed by atoms with van der Waals surface area (Å²) in [5.74, 6) is 3.59. The second-order valence-electron chi connectivity index (χ2n) is 5.60. The molecule has 0 amide bonds. The molecule has 2 atom stereocenters. The Kier molecular flexibility index (Phi) is 4.86. The molecule has 1 fully saturated rings. The van der Waals surface area contributed by atoms with Crippen molar-refractivity contribution in [3.05, 3.63) is 59.3 Å². The summed E-state index contributed by atoms with van der Waals surface area (Å²) in [7, 11) is 0. The molecule has 1 N–H and O–H groups in total. The van der Waals surface area contributed by atoms with Gasteiger partial charge in [0.05, 0.1) is 12.1 Å². The predicted octanol–water partition coefficient (Wildman–Crippen LogP) is 3.55. The van der Waals surface area contributed by atoms with Crippen LogP contribution in [0.4, 0.5) is 4.39 Å². The van der Waals surface area contributed by atoms with Crippen molar-refractivity contribution in [3.63, 3.8) is 0 Å². The molecule has 1 aliphatic rings. The highest BCUT2D eigenvalue weighted by Gasteiger charge is 2.28. The molecule has 1 aromatic heterocycles. The summed E-state index contributed by atoms with van der Waals surface area (Å²) in [4.78, 5) is 2.25. The molecule has 2 aromatic rings. The molecule has 3 rings (SSSR count). The summed E-state index contributed by atoms with van der Waals surface area (Å²) in [6, 6.07) is 10.2. The van der Waals surface area contributed by atoms with Crippen LogP contribution in [0.1, 0.15) is 29.2 Å². The number of nitrogens with zero attached hydrogens (tertiary/aromatic N) is 1. The molecule has 0 radical (unpaired) electrons. The first kappa shape index (κ1) is 15.6. The van der Waals surface area contributed by atoms with E-state index in [0.29, 0.717) is 6.54 Å². The second-order valence-corrected chi connectivity index (χ2v) is 6.75. The quantitative estimate of drug-likeness (QED) is 0.934. The first-order valence-electron chi connectivity index (χ1n) is 7.45. The third-order valence-corrected chi connectivity index (χ3v) is 5.01. The summed E-state index contributed by atoms with van der Waals surface area (Å²) >= 11 is 1.90. The Balaban J connectivity index is 1.72. The molecule has 2 unspecified atom stereocenters. The molecular weight excluding hydrogens is 301 g/mol. The fourth-order valence-electron chi connectivity index (χ4n) is 2.76. The smallest absolute Gasteiger partial charge is 0.123 e. The zero-order chi connectivity index (χ0) is 15.5. The van der Waals surface area contributed by atoms with Crippen molar-refractivity contribution in [3.8, 4) is 0 Å². The van der Waals surface area contributed by atoms with E-state index in [-0.39, 0.29) is 11.9 Å². The minimum atomic E-state index is -0.623. The van der Waals surface area contributed by atoms with Crippen LogP contribution in [0.3, 0.4) is 0 Å². The molecule has 1 aliphatic heterocycles. The van der Waals surface area contributed by atoms with Crippen LogP contribution >= 0.6 is 11.8 Å². The van der Waals surface area contributed by atoms with E-state index in [2.05, 4.69) is 4.90 Å². The van der Waals surface area contributed by atoms with E-state index >= 15 is 0 Å². The Morgan fingerprint density at radius 1 is 1.32 bits per heavy atom. The van der Waals surface area contributed by atoms with E-state index in [1.54, 1.807) is 12.1 Å². The van der Waals surface area contributed by atoms with Crippen LogP contribution in [0.25, 0.3) is 0 Å². The number of aryl methyl sites for hydroxylation is 1. The molecule has 0 bridgehead atoms. The highest BCUT2D eigenvalue weighted by molar-refractivity contribution is 7.99. The maximum Gasteiger partial charge on any atom is 0.123 e. The lowest BCUT2D eigenvalue weighted by atomic mass is 10.1. The number of hydrogen-bond donors (Lipinski definition) is 1. The van der Waals surface area contributed by atoms with Crippen molar-refractivity contribution in [2.24, 2.45) is 0 Å². The number of halogens is 1. The molecule has 118 valence electrons. The zero-order valence-electron chi connectivity index (χ0n) is 12.5. The van der Waals surface area contributed by atoms with Crippen molar-refractivity contribution in [1.82, 2.24) is 4.90 Å². The molecule has 0 aliphatic carbocycles. The lowest BCUT2D eigenvalue weighted by Crippen LogP contribution is -2.38. The number of β-amino-alcohol motifs (C(OH)–C–C–N with tert-alkyl or cyclic N) is 1. The fraction of sp³-hybridized carbons (Fsp3) is 0.412. The van der Waals surface area contributed by atoms with Gasteiger partial charge in [-0.05, 0) is 36.8 Å². The Morgan fingerprint density at radius 2 is 2.09 bits per heavy atom. The predicted molar refractivity (Wildman–Crippen MR) is 86.4 cm³/mol. The van der Waals surface area contributed by atoms with Crippen LogP contribution in [0.2, 0.25) is 0 Å². The number of rotatable bonds is 4. The van der Waals surface area contributed by atoms with Gasteiger partial charge >= 0.3 is 0 Å². The number of aliphatic hydroxyl groups excluding tert-OH is 1. The van der Waals surface area contributed by atoms with Gasteiger partial charge < -0.3 is 9.52 Å². The highest BCUT2D eigenvalue weighted by Crippen LogP contribution is 2.32. The standard InChI is InChI=1S/C17H20FNO2S/c1-12-2-7-17(21-12)15-11-22-9-8-19(15)10-16(20)13-3-5-14(18)6-4-13/h2-7,15-16,20H,8-11H2,1H3. The maximum absolute atomic E-state index is 13.0. The Morgan fingerprint density at radius 3 is 2.77 bits per heavy atom. The second kappa shape index (κ2) is 6.86. The number of thioether (sulfide) groups is 1. The molecule has 1 aromatic carbocycles. The molecule has 0 spiro atoms. The van der Waals surface area contributed by atoms with E-state index in [1.807, 2.05) is 30.8 Å². The van der Waals surface area contributed by atoms with Crippen LogP contribution in [0, 0.1) is 12.7 Å². The van der Waals surface area contributed by atoms with Crippen molar-refractivity contribution in [2.75, 3.05) is 24.6 Å². The van der Waals surface area contributed by atoms with Crippen LogP contribution < -0.4 is 0 Å². The first-order chi connectivity index (χ1) is 10.6. The Hall–Kier alpha value is -1.30. The van der Waals surface area contributed by atoms with E-state index in [4.69, 9.17) is 4.42 Å². The summed E-state index contributed by atoms with van der Waals surface area (Å²) in [6.45, 7) is 3.38. The van der Waals surface area contributed by atoms with Gasteiger partial charge in [0.2, 0.25) is 0 Å². The van der Waals surface area contributed by atoms with Crippen LogP contribution in [0.15, 0.2) is 40.8 Å².